The van der Waals surface area contributed by atoms with Crippen LogP contribution in [0.2, 0.25) is 0 Å². The summed E-state index contributed by atoms with van der Waals surface area (Å²) in [5, 5.41) is 7.26. The van der Waals surface area contributed by atoms with Crippen LogP contribution in [0.3, 0.4) is 0 Å². The zero-order chi connectivity index (χ0) is 15.4. The number of fused-ring (bicyclic) bond motifs is 1. The van der Waals surface area contributed by atoms with E-state index in [1.807, 2.05) is 53.2 Å². The van der Waals surface area contributed by atoms with E-state index in [0.717, 1.165) is 27.3 Å². The first-order chi connectivity index (χ1) is 10.8. The molecule has 2 heterocycles. The maximum Gasteiger partial charge on any atom is 0.252 e. The van der Waals surface area contributed by atoms with Crippen LogP contribution in [0.1, 0.15) is 22.8 Å². The van der Waals surface area contributed by atoms with Crippen LogP contribution in [0.15, 0.2) is 59.8 Å². The number of pyridine rings is 1. The number of hydrogen-bond donors (Lipinski definition) is 1. The Labute approximate surface area is 133 Å². The third-order valence-corrected chi connectivity index (χ3v) is 4.33. The van der Waals surface area contributed by atoms with Gasteiger partial charge in [0.2, 0.25) is 0 Å². The number of nitrogens with zero attached hydrogens (tertiary/aromatic N) is 2. The van der Waals surface area contributed by atoms with Crippen molar-refractivity contribution < 1.29 is 4.79 Å². The van der Waals surface area contributed by atoms with E-state index in [-0.39, 0.29) is 5.91 Å². The Morgan fingerprint density at radius 1 is 1.23 bits per heavy atom. The van der Waals surface area contributed by atoms with Gasteiger partial charge in [-0.3, -0.25) is 4.79 Å². The minimum absolute atomic E-state index is 0.0492. The normalized spacial score (nSPS) is 10.8. The minimum Gasteiger partial charge on any atom is -0.348 e. The third-order valence-electron chi connectivity index (χ3n) is 3.38. The predicted octanol–water partition coefficient (Wildman–Crippen LogP) is 3.38. The maximum atomic E-state index is 12.4. The summed E-state index contributed by atoms with van der Waals surface area (Å²) >= 11 is 1.68. The molecular weight excluding hydrogens is 294 g/mol. The first-order valence-electron chi connectivity index (χ1n) is 7.21. The highest BCUT2D eigenvalue weighted by Gasteiger charge is 2.11. The highest BCUT2D eigenvalue weighted by molar-refractivity contribution is 7.99. The topological polar surface area (TPSA) is 46.4 Å². The van der Waals surface area contributed by atoms with Crippen LogP contribution in [0.4, 0.5) is 0 Å². The molecule has 112 valence electrons. The number of rotatable bonds is 5. The van der Waals surface area contributed by atoms with Gasteiger partial charge in [-0.1, -0.05) is 25.1 Å². The van der Waals surface area contributed by atoms with Crippen LogP contribution in [0, 0.1) is 0 Å². The molecule has 22 heavy (non-hydrogen) atoms. The van der Waals surface area contributed by atoms with E-state index in [1.165, 1.54) is 0 Å². The number of benzene rings is 1. The van der Waals surface area contributed by atoms with Gasteiger partial charge in [-0.15, -0.1) is 11.8 Å². The van der Waals surface area contributed by atoms with Crippen molar-refractivity contribution in [2.45, 2.75) is 18.4 Å². The van der Waals surface area contributed by atoms with Gasteiger partial charge in [-0.05, 0) is 30.0 Å². The number of thioether (sulfide) groups is 1. The summed E-state index contributed by atoms with van der Waals surface area (Å²) in [6.45, 7) is 2.55. The van der Waals surface area contributed by atoms with E-state index in [9.17, 15) is 4.79 Å². The fraction of sp³-hybridized carbons (Fsp3) is 0.176. The van der Waals surface area contributed by atoms with Gasteiger partial charge in [0, 0.05) is 23.2 Å². The first kappa shape index (κ1) is 14.7. The van der Waals surface area contributed by atoms with Gasteiger partial charge in [0.05, 0.1) is 17.3 Å². The van der Waals surface area contributed by atoms with Crippen molar-refractivity contribution in [3.63, 3.8) is 0 Å². The van der Waals surface area contributed by atoms with Crippen LogP contribution < -0.4 is 5.32 Å². The average Bonchev–Trinajstić information content (AvgIpc) is 2.97. The molecular formula is C17H17N3OS. The molecule has 0 aliphatic rings. The van der Waals surface area contributed by atoms with Crippen LogP contribution in [0.5, 0.6) is 0 Å². The molecule has 0 unspecified atom stereocenters. The second-order valence-electron chi connectivity index (χ2n) is 4.81. The van der Waals surface area contributed by atoms with Crippen molar-refractivity contribution in [2.75, 3.05) is 5.75 Å². The van der Waals surface area contributed by atoms with Gasteiger partial charge in [0.15, 0.2) is 0 Å². The number of aromatic nitrogens is 2. The molecule has 0 saturated heterocycles. The summed E-state index contributed by atoms with van der Waals surface area (Å²) in [5.74, 6) is 0.894. The molecule has 3 aromatic rings. The molecule has 1 aromatic carbocycles. The molecule has 5 heteroatoms. The Kier molecular flexibility index (Phi) is 4.44. The molecule has 1 N–H and O–H groups in total. The summed E-state index contributed by atoms with van der Waals surface area (Å²) in [4.78, 5) is 13.4. The first-order valence-corrected chi connectivity index (χ1v) is 8.19. The van der Waals surface area contributed by atoms with Crippen molar-refractivity contribution in [1.82, 2.24) is 14.9 Å². The third kappa shape index (κ3) is 2.99. The average molecular weight is 311 g/mol. The summed E-state index contributed by atoms with van der Waals surface area (Å²) in [6, 6.07) is 13.6. The fourth-order valence-corrected chi connectivity index (χ4v) is 3.13. The van der Waals surface area contributed by atoms with E-state index in [4.69, 9.17) is 0 Å². The van der Waals surface area contributed by atoms with Crippen molar-refractivity contribution in [3.8, 4) is 0 Å². The van der Waals surface area contributed by atoms with E-state index in [1.54, 1.807) is 18.0 Å². The number of carbonyl (C=O) groups excluding carboxylic acids is 1. The lowest BCUT2D eigenvalue weighted by Crippen LogP contribution is -2.23. The van der Waals surface area contributed by atoms with Crippen molar-refractivity contribution >= 4 is 23.2 Å². The lowest BCUT2D eigenvalue weighted by Gasteiger charge is -2.08. The second kappa shape index (κ2) is 6.66. The Bertz CT molecular complexity index is 797. The number of carbonyl (C=O) groups is 1. The Balaban J connectivity index is 1.75. The SMILES string of the molecule is CCSc1ccccc1C(=O)NCc1cnn2ccccc12. The summed E-state index contributed by atoms with van der Waals surface area (Å²) < 4.78 is 1.81. The summed E-state index contributed by atoms with van der Waals surface area (Å²) in [5.41, 5.74) is 2.75. The molecule has 0 atom stereocenters. The molecule has 0 bridgehead atoms. The molecule has 0 saturated carbocycles. The van der Waals surface area contributed by atoms with E-state index in [0.29, 0.717) is 6.54 Å². The van der Waals surface area contributed by atoms with Crippen LogP contribution >= 0.6 is 11.8 Å². The van der Waals surface area contributed by atoms with Gasteiger partial charge < -0.3 is 5.32 Å². The largest absolute Gasteiger partial charge is 0.348 e. The quantitative estimate of drug-likeness (QED) is 0.735. The molecule has 0 fully saturated rings. The molecule has 4 nitrogen and oxygen atoms in total. The highest BCUT2D eigenvalue weighted by atomic mass is 32.2. The van der Waals surface area contributed by atoms with Crippen molar-refractivity contribution in [1.29, 1.82) is 0 Å². The molecule has 0 aliphatic carbocycles. The Hall–Kier alpha value is -2.27. The number of nitrogens with one attached hydrogen (secondary N) is 1. The standard InChI is InChI=1S/C17H17N3OS/c1-2-22-16-9-4-3-7-14(16)17(21)18-11-13-12-19-20-10-6-5-8-15(13)20/h3-10,12H,2,11H2,1H3,(H,18,21). The van der Waals surface area contributed by atoms with Crippen LogP contribution in [0.25, 0.3) is 5.52 Å². The van der Waals surface area contributed by atoms with Crippen molar-refractivity contribution in [3.05, 3.63) is 66.0 Å². The molecule has 3 rings (SSSR count). The van der Waals surface area contributed by atoms with Gasteiger partial charge in [-0.2, -0.15) is 5.10 Å². The molecule has 0 aliphatic heterocycles. The number of hydrogen-bond acceptors (Lipinski definition) is 3. The molecule has 2 aromatic heterocycles. The lowest BCUT2D eigenvalue weighted by atomic mass is 10.2. The summed E-state index contributed by atoms with van der Waals surface area (Å²) in [7, 11) is 0. The molecule has 0 spiro atoms. The monoisotopic (exact) mass is 311 g/mol. The lowest BCUT2D eigenvalue weighted by molar-refractivity contribution is 0.0948. The maximum absolute atomic E-state index is 12.4. The van der Waals surface area contributed by atoms with Crippen molar-refractivity contribution in [2.24, 2.45) is 0 Å². The zero-order valence-electron chi connectivity index (χ0n) is 12.3. The highest BCUT2D eigenvalue weighted by Crippen LogP contribution is 2.22. The van der Waals surface area contributed by atoms with E-state index in [2.05, 4.69) is 17.3 Å². The van der Waals surface area contributed by atoms with Gasteiger partial charge >= 0.3 is 0 Å². The van der Waals surface area contributed by atoms with Crippen LogP contribution in [-0.2, 0) is 6.54 Å². The van der Waals surface area contributed by atoms with Crippen LogP contribution in [-0.4, -0.2) is 21.3 Å². The second-order valence-corrected chi connectivity index (χ2v) is 6.12. The Morgan fingerprint density at radius 2 is 2.05 bits per heavy atom. The fourth-order valence-electron chi connectivity index (χ4n) is 2.33. The Morgan fingerprint density at radius 3 is 2.91 bits per heavy atom. The van der Waals surface area contributed by atoms with Gasteiger partial charge in [0.1, 0.15) is 0 Å². The van der Waals surface area contributed by atoms with Gasteiger partial charge in [-0.25, -0.2) is 4.52 Å². The predicted molar refractivity (Wildman–Crippen MR) is 89.2 cm³/mol. The minimum atomic E-state index is -0.0492. The van der Waals surface area contributed by atoms with E-state index >= 15 is 0 Å². The van der Waals surface area contributed by atoms with Gasteiger partial charge in [0.25, 0.3) is 5.91 Å². The molecule has 1 amide bonds. The smallest absolute Gasteiger partial charge is 0.252 e. The number of amides is 1. The molecule has 0 radical (unpaired) electrons. The van der Waals surface area contributed by atoms with E-state index < -0.39 is 0 Å². The zero-order valence-corrected chi connectivity index (χ0v) is 13.1. The summed E-state index contributed by atoms with van der Waals surface area (Å²) in [6.07, 6.45) is 3.69.